The Morgan fingerprint density at radius 3 is 2.36 bits per heavy atom. The number of aliphatic hydroxyl groups excluding tert-OH is 1. The van der Waals surface area contributed by atoms with Gasteiger partial charge >= 0.3 is 0 Å². The first-order valence-corrected chi connectivity index (χ1v) is 5.00. The van der Waals surface area contributed by atoms with Crippen LogP contribution in [0.3, 0.4) is 0 Å². The van der Waals surface area contributed by atoms with Gasteiger partial charge in [0.25, 0.3) is 5.91 Å². The lowest BCUT2D eigenvalue weighted by Crippen LogP contribution is -2.50. The second-order valence-electron chi connectivity index (χ2n) is 4.24. The Bertz CT molecular complexity index is 207. The number of hydrogen-bond acceptors (Lipinski definition) is 3. The molecule has 1 fully saturated rings. The Hall–Kier alpha value is -0.610. The Balaban J connectivity index is 2.54. The van der Waals surface area contributed by atoms with Gasteiger partial charge in [-0.05, 0) is 26.7 Å². The van der Waals surface area contributed by atoms with Gasteiger partial charge in [0, 0.05) is 20.2 Å². The fourth-order valence-electron chi connectivity index (χ4n) is 1.54. The molecule has 0 atom stereocenters. The lowest BCUT2D eigenvalue weighted by Gasteiger charge is -2.34. The maximum absolute atomic E-state index is 11.9. The highest BCUT2D eigenvalue weighted by Gasteiger charge is 2.33. The standard InChI is InChI=1S/C10H19NO3/c1-10(2,14-3)9(13)11-6-4-8(12)5-7-11/h8,12H,4-7H2,1-3H3. The molecule has 0 aliphatic carbocycles. The van der Waals surface area contributed by atoms with Crippen LogP contribution < -0.4 is 0 Å². The van der Waals surface area contributed by atoms with Crippen LogP contribution in [0.1, 0.15) is 26.7 Å². The largest absolute Gasteiger partial charge is 0.393 e. The first-order valence-electron chi connectivity index (χ1n) is 5.00. The van der Waals surface area contributed by atoms with Crippen molar-refractivity contribution in [3.8, 4) is 0 Å². The van der Waals surface area contributed by atoms with Crippen LogP contribution in [0.15, 0.2) is 0 Å². The van der Waals surface area contributed by atoms with Crippen molar-refractivity contribution in [2.75, 3.05) is 20.2 Å². The van der Waals surface area contributed by atoms with Crippen LogP contribution in [-0.4, -0.2) is 47.8 Å². The van der Waals surface area contributed by atoms with Crippen LogP contribution in [0.2, 0.25) is 0 Å². The summed E-state index contributed by atoms with van der Waals surface area (Å²) in [7, 11) is 1.54. The molecule has 0 bridgehead atoms. The minimum absolute atomic E-state index is 0.00639. The summed E-state index contributed by atoms with van der Waals surface area (Å²) in [6.45, 7) is 4.79. The molecule has 1 N–H and O–H groups in total. The topological polar surface area (TPSA) is 49.8 Å². The SMILES string of the molecule is COC(C)(C)C(=O)N1CCC(O)CC1. The minimum atomic E-state index is -0.748. The molecule has 0 aromatic heterocycles. The van der Waals surface area contributed by atoms with Crippen molar-refractivity contribution < 1.29 is 14.6 Å². The average Bonchev–Trinajstić information content (AvgIpc) is 2.18. The van der Waals surface area contributed by atoms with E-state index in [1.54, 1.807) is 18.7 Å². The summed E-state index contributed by atoms with van der Waals surface area (Å²) in [6.07, 6.45) is 1.10. The summed E-state index contributed by atoms with van der Waals surface area (Å²) in [4.78, 5) is 13.6. The maximum atomic E-state index is 11.9. The molecule has 1 rings (SSSR count). The molecule has 4 nitrogen and oxygen atoms in total. The molecule has 0 spiro atoms. The number of rotatable bonds is 2. The number of hydrogen-bond donors (Lipinski definition) is 1. The average molecular weight is 201 g/mol. The van der Waals surface area contributed by atoms with E-state index in [1.807, 2.05) is 0 Å². The van der Waals surface area contributed by atoms with E-state index in [0.717, 1.165) is 0 Å². The molecule has 1 aliphatic heterocycles. The molecule has 1 saturated heterocycles. The number of likely N-dealkylation sites (tertiary alicyclic amines) is 1. The third-order valence-electron chi connectivity index (χ3n) is 2.78. The number of nitrogens with zero attached hydrogens (tertiary/aromatic N) is 1. The van der Waals surface area contributed by atoms with Crippen LogP contribution in [0, 0.1) is 0 Å². The molecular weight excluding hydrogens is 182 g/mol. The van der Waals surface area contributed by atoms with Crippen LogP contribution in [-0.2, 0) is 9.53 Å². The zero-order valence-electron chi connectivity index (χ0n) is 9.12. The van der Waals surface area contributed by atoms with E-state index in [-0.39, 0.29) is 12.0 Å². The fraction of sp³-hybridized carbons (Fsp3) is 0.900. The number of piperidine rings is 1. The van der Waals surface area contributed by atoms with E-state index in [1.165, 1.54) is 7.11 Å². The second kappa shape index (κ2) is 4.28. The zero-order valence-corrected chi connectivity index (χ0v) is 9.12. The van der Waals surface area contributed by atoms with Crippen LogP contribution in [0.5, 0.6) is 0 Å². The van der Waals surface area contributed by atoms with Gasteiger partial charge in [-0.25, -0.2) is 0 Å². The van der Waals surface area contributed by atoms with Crippen molar-refractivity contribution in [1.29, 1.82) is 0 Å². The summed E-state index contributed by atoms with van der Waals surface area (Å²) in [5.74, 6) is 0.00639. The first-order chi connectivity index (χ1) is 6.47. The van der Waals surface area contributed by atoms with Crippen molar-refractivity contribution in [1.82, 2.24) is 4.90 Å². The summed E-state index contributed by atoms with van der Waals surface area (Å²) < 4.78 is 5.13. The van der Waals surface area contributed by atoms with E-state index >= 15 is 0 Å². The first kappa shape index (κ1) is 11.5. The van der Waals surface area contributed by atoms with E-state index in [4.69, 9.17) is 4.74 Å². The van der Waals surface area contributed by atoms with Crippen molar-refractivity contribution in [2.24, 2.45) is 0 Å². The second-order valence-corrected chi connectivity index (χ2v) is 4.24. The minimum Gasteiger partial charge on any atom is -0.393 e. The molecule has 0 radical (unpaired) electrons. The quantitative estimate of drug-likeness (QED) is 0.703. The van der Waals surface area contributed by atoms with Gasteiger partial charge in [0.1, 0.15) is 5.60 Å². The molecule has 0 saturated carbocycles. The van der Waals surface area contributed by atoms with Crippen molar-refractivity contribution in [2.45, 2.75) is 38.4 Å². The predicted molar refractivity (Wildman–Crippen MR) is 52.9 cm³/mol. The normalized spacial score (nSPS) is 19.9. The monoisotopic (exact) mass is 201 g/mol. The van der Waals surface area contributed by atoms with Crippen molar-refractivity contribution in [3.63, 3.8) is 0 Å². The van der Waals surface area contributed by atoms with Crippen LogP contribution in [0.4, 0.5) is 0 Å². The van der Waals surface area contributed by atoms with E-state index < -0.39 is 5.60 Å². The summed E-state index contributed by atoms with van der Waals surface area (Å²) in [6, 6.07) is 0. The number of ether oxygens (including phenoxy) is 1. The number of carbonyl (C=O) groups excluding carboxylic acids is 1. The maximum Gasteiger partial charge on any atom is 0.254 e. The van der Waals surface area contributed by atoms with Crippen LogP contribution >= 0.6 is 0 Å². The Labute approximate surface area is 84.8 Å². The smallest absolute Gasteiger partial charge is 0.254 e. The third kappa shape index (κ3) is 2.45. The van der Waals surface area contributed by atoms with Gasteiger partial charge in [-0.15, -0.1) is 0 Å². The molecule has 0 unspecified atom stereocenters. The van der Waals surface area contributed by atoms with E-state index in [2.05, 4.69) is 0 Å². The molecule has 1 aliphatic rings. The van der Waals surface area contributed by atoms with E-state index in [0.29, 0.717) is 25.9 Å². The van der Waals surface area contributed by atoms with Gasteiger partial charge in [0.05, 0.1) is 6.10 Å². The lowest BCUT2D eigenvalue weighted by molar-refractivity contribution is -0.153. The highest BCUT2D eigenvalue weighted by molar-refractivity contribution is 5.84. The van der Waals surface area contributed by atoms with Gasteiger partial charge in [-0.1, -0.05) is 0 Å². The van der Waals surface area contributed by atoms with Gasteiger partial charge in [-0.3, -0.25) is 4.79 Å². The van der Waals surface area contributed by atoms with Gasteiger partial charge in [0.2, 0.25) is 0 Å². The summed E-state index contributed by atoms with van der Waals surface area (Å²) in [5, 5.41) is 9.30. The number of carbonyl (C=O) groups is 1. The highest BCUT2D eigenvalue weighted by atomic mass is 16.5. The summed E-state index contributed by atoms with van der Waals surface area (Å²) in [5.41, 5.74) is -0.748. The Morgan fingerprint density at radius 1 is 1.43 bits per heavy atom. The molecule has 1 heterocycles. The van der Waals surface area contributed by atoms with Gasteiger partial charge in [-0.2, -0.15) is 0 Å². The molecule has 14 heavy (non-hydrogen) atoms. The summed E-state index contributed by atoms with van der Waals surface area (Å²) >= 11 is 0. The van der Waals surface area contributed by atoms with Crippen molar-refractivity contribution >= 4 is 5.91 Å². The Morgan fingerprint density at radius 2 is 1.93 bits per heavy atom. The fourth-order valence-corrected chi connectivity index (χ4v) is 1.54. The zero-order chi connectivity index (χ0) is 10.8. The Kier molecular flexibility index (Phi) is 3.50. The van der Waals surface area contributed by atoms with Gasteiger partial charge < -0.3 is 14.7 Å². The van der Waals surface area contributed by atoms with Crippen molar-refractivity contribution in [3.05, 3.63) is 0 Å². The lowest BCUT2D eigenvalue weighted by atomic mass is 10.0. The number of aliphatic hydroxyl groups is 1. The van der Waals surface area contributed by atoms with Crippen LogP contribution in [0.25, 0.3) is 0 Å². The number of amides is 1. The molecule has 1 amide bonds. The molecule has 82 valence electrons. The molecule has 0 aromatic rings. The van der Waals surface area contributed by atoms with Gasteiger partial charge in [0.15, 0.2) is 0 Å². The highest BCUT2D eigenvalue weighted by Crippen LogP contribution is 2.17. The third-order valence-corrected chi connectivity index (χ3v) is 2.78. The van der Waals surface area contributed by atoms with E-state index in [9.17, 15) is 9.90 Å². The molecular formula is C10H19NO3. The molecule has 4 heteroatoms. The number of methoxy groups -OCH3 is 1. The predicted octanol–water partition coefficient (Wildman–Crippen LogP) is 0.395. The molecule has 0 aromatic carbocycles.